The van der Waals surface area contributed by atoms with Crippen molar-refractivity contribution < 1.29 is 4.79 Å². The molecule has 1 aliphatic heterocycles. The van der Waals surface area contributed by atoms with Gasteiger partial charge in [-0.1, -0.05) is 6.07 Å². The van der Waals surface area contributed by atoms with Gasteiger partial charge in [0.2, 0.25) is 0 Å². The fourth-order valence-electron chi connectivity index (χ4n) is 4.10. The number of carbonyl (C=O) groups is 1. The largest absolute Gasteiger partial charge is 0.380 e. The SMILES string of the molecule is CN1CC(Nc2cccc(NC(=O)c3ccc(Nc4ccnc5ccc(C#N)cc45)cc3)c2)C1. The average molecular weight is 449 g/mol. The fraction of sp³-hybridized carbons (Fsp3) is 0.148. The Morgan fingerprint density at radius 3 is 2.56 bits per heavy atom. The van der Waals surface area contributed by atoms with Crippen molar-refractivity contribution in [3.63, 3.8) is 0 Å². The van der Waals surface area contributed by atoms with E-state index in [-0.39, 0.29) is 5.91 Å². The van der Waals surface area contributed by atoms with Crippen molar-refractivity contribution in [2.75, 3.05) is 36.1 Å². The van der Waals surface area contributed by atoms with E-state index >= 15 is 0 Å². The molecule has 34 heavy (non-hydrogen) atoms. The van der Waals surface area contributed by atoms with Crippen molar-refractivity contribution in [3.05, 3.63) is 90.1 Å². The zero-order valence-corrected chi connectivity index (χ0v) is 18.7. The fourth-order valence-corrected chi connectivity index (χ4v) is 4.10. The lowest BCUT2D eigenvalue weighted by Gasteiger charge is -2.37. The summed E-state index contributed by atoms with van der Waals surface area (Å²) in [5.74, 6) is -0.167. The smallest absolute Gasteiger partial charge is 0.255 e. The van der Waals surface area contributed by atoms with E-state index in [1.54, 1.807) is 24.4 Å². The molecule has 3 N–H and O–H groups in total. The zero-order chi connectivity index (χ0) is 23.5. The Balaban J connectivity index is 1.26. The van der Waals surface area contributed by atoms with Crippen LogP contribution >= 0.6 is 0 Å². The number of likely N-dealkylation sites (tertiary alicyclic amines) is 1. The van der Waals surface area contributed by atoms with E-state index in [4.69, 9.17) is 0 Å². The number of nitrogens with zero attached hydrogens (tertiary/aromatic N) is 3. The number of fused-ring (bicyclic) bond motifs is 1. The first-order chi connectivity index (χ1) is 16.6. The Bertz CT molecular complexity index is 1390. The number of hydrogen-bond donors (Lipinski definition) is 3. The van der Waals surface area contributed by atoms with Crippen LogP contribution in [-0.2, 0) is 0 Å². The summed E-state index contributed by atoms with van der Waals surface area (Å²) in [6.45, 7) is 2.04. The monoisotopic (exact) mass is 448 g/mol. The Hall–Kier alpha value is -4.41. The minimum Gasteiger partial charge on any atom is -0.380 e. The van der Waals surface area contributed by atoms with Crippen LogP contribution in [0.15, 0.2) is 79.0 Å². The first kappa shape index (κ1) is 21.4. The Kier molecular flexibility index (Phi) is 5.81. The number of benzene rings is 3. The molecule has 0 aliphatic carbocycles. The van der Waals surface area contributed by atoms with Gasteiger partial charge in [0, 0.05) is 53.0 Å². The molecule has 4 aromatic rings. The number of nitriles is 1. The van der Waals surface area contributed by atoms with Gasteiger partial charge in [-0.15, -0.1) is 0 Å². The maximum absolute atomic E-state index is 12.8. The van der Waals surface area contributed by atoms with Crippen LogP contribution in [0.5, 0.6) is 0 Å². The van der Waals surface area contributed by atoms with Crippen molar-refractivity contribution in [2.24, 2.45) is 0 Å². The first-order valence-corrected chi connectivity index (χ1v) is 11.1. The molecule has 3 aromatic carbocycles. The molecular weight excluding hydrogens is 424 g/mol. The standard InChI is InChI=1S/C27H24N6O/c1-33-16-23(17-33)30-21-3-2-4-22(14-21)32-27(34)19-6-8-20(9-7-19)31-26-11-12-29-25-10-5-18(15-28)13-24(25)26/h2-14,23,30H,16-17H2,1H3,(H,29,31)(H,32,34). The van der Waals surface area contributed by atoms with Gasteiger partial charge < -0.3 is 20.9 Å². The lowest BCUT2D eigenvalue weighted by atomic mass is 10.1. The maximum atomic E-state index is 12.8. The number of hydrogen-bond acceptors (Lipinski definition) is 6. The molecule has 0 saturated carbocycles. The second-order valence-electron chi connectivity index (χ2n) is 8.50. The summed E-state index contributed by atoms with van der Waals surface area (Å²) in [7, 11) is 2.10. The van der Waals surface area contributed by atoms with Crippen LogP contribution in [0.3, 0.4) is 0 Å². The lowest BCUT2D eigenvalue weighted by Crippen LogP contribution is -2.52. The van der Waals surface area contributed by atoms with Crippen molar-refractivity contribution in [1.82, 2.24) is 9.88 Å². The number of anilines is 4. The first-order valence-electron chi connectivity index (χ1n) is 11.1. The highest BCUT2D eigenvalue weighted by atomic mass is 16.1. The van der Waals surface area contributed by atoms with E-state index in [0.717, 1.165) is 46.7 Å². The van der Waals surface area contributed by atoms with Crippen molar-refractivity contribution in [3.8, 4) is 6.07 Å². The van der Waals surface area contributed by atoms with Crippen LogP contribution in [0.2, 0.25) is 0 Å². The quantitative estimate of drug-likeness (QED) is 0.391. The van der Waals surface area contributed by atoms with Crippen molar-refractivity contribution >= 4 is 39.6 Å². The molecule has 5 rings (SSSR count). The van der Waals surface area contributed by atoms with E-state index in [9.17, 15) is 10.1 Å². The molecule has 0 spiro atoms. The van der Waals surface area contributed by atoms with Crippen LogP contribution in [0, 0.1) is 11.3 Å². The van der Waals surface area contributed by atoms with Gasteiger partial charge in [-0.2, -0.15) is 5.26 Å². The van der Waals surface area contributed by atoms with Gasteiger partial charge in [0.05, 0.1) is 23.2 Å². The summed E-state index contributed by atoms with van der Waals surface area (Å²) in [5.41, 5.74) is 5.39. The molecule has 168 valence electrons. The van der Waals surface area contributed by atoms with Crippen molar-refractivity contribution in [1.29, 1.82) is 5.26 Å². The maximum Gasteiger partial charge on any atom is 0.255 e. The topological polar surface area (TPSA) is 93.1 Å². The molecule has 1 amide bonds. The number of carbonyl (C=O) groups excluding carboxylic acids is 1. The number of aromatic nitrogens is 1. The van der Waals surface area contributed by atoms with E-state index in [1.165, 1.54) is 0 Å². The molecular formula is C27H24N6O. The molecule has 7 nitrogen and oxygen atoms in total. The van der Waals surface area contributed by atoms with Crippen LogP contribution in [0.4, 0.5) is 22.7 Å². The summed E-state index contributed by atoms with van der Waals surface area (Å²) in [6, 6.07) is 25.0. The second-order valence-corrected chi connectivity index (χ2v) is 8.50. The predicted molar refractivity (Wildman–Crippen MR) is 135 cm³/mol. The highest BCUT2D eigenvalue weighted by molar-refractivity contribution is 6.04. The van der Waals surface area contributed by atoms with Gasteiger partial charge in [-0.05, 0) is 73.8 Å². The minimum absolute atomic E-state index is 0.167. The highest BCUT2D eigenvalue weighted by Gasteiger charge is 2.22. The number of amides is 1. The summed E-state index contributed by atoms with van der Waals surface area (Å²) >= 11 is 0. The third kappa shape index (κ3) is 4.68. The van der Waals surface area contributed by atoms with E-state index < -0.39 is 0 Å². The average Bonchev–Trinajstić information content (AvgIpc) is 2.84. The van der Waals surface area contributed by atoms with Gasteiger partial charge in [0.25, 0.3) is 5.91 Å². The van der Waals surface area contributed by atoms with Gasteiger partial charge in [0.15, 0.2) is 0 Å². The Morgan fingerprint density at radius 2 is 1.79 bits per heavy atom. The number of rotatable bonds is 6. The van der Waals surface area contributed by atoms with Gasteiger partial charge in [-0.25, -0.2) is 0 Å². The molecule has 0 atom stereocenters. The van der Waals surface area contributed by atoms with E-state index in [2.05, 4.69) is 39.0 Å². The summed E-state index contributed by atoms with van der Waals surface area (Å²) in [5, 5.41) is 19.9. The van der Waals surface area contributed by atoms with Crippen LogP contribution in [0.1, 0.15) is 15.9 Å². The molecule has 0 radical (unpaired) electrons. The highest BCUT2D eigenvalue weighted by Crippen LogP contribution is 2.26. The molecule has 2 heterocycles. The van der Waals surface area contributed by atoms with Crippen molar-refractivity contribution in [2.45, 2.75) is 6.04 Å². The third-order valence-electron chi connectivity index (χ3n) is 5.85. The molecule has 1 aromatic heterocycles. The van der Waals surface area contributed by atoms with E-state index in [0.29, 0.717) is 17.2 Å². The molecule has 7 heteroatoms. The van der Waals surface area contributed by atoms with E-state index in [1.807, 2.05) is 54.6 Å². The molecule has 0 unspecified atom stereocenters. The Morgan fingerprint density at radius 1 is 1.00 bits per heavy atom. The molecule has 1 saturated heterocycles. The summed E-state index contributed by atoms with van der Waals surface area (Å²) in [6.07, 6.45) is 1.73. The summed E-state index contributed by atoms with van der Waals surface area (Å²) < 4.78 is 0. The summed E-state index contributed by atoms with van der Waals surface area (Å²) in [4.78, 5) is 19.4. The molecule has 1 fully saturated rings. The molecule has 1 aliphatic rings. The third-order valence-corrected chi connectivity index (χ3v) is 5.85. The van der Waals surface area contributed by atoms with Crippen LogP contribution in [0.25, 0.3) is 10.9 Å². The van der Waals surface area contributed by atoms with Gasteiger partial charge >= 0.3 is 0 Å². The van der Waals surface area contributed by atoms with Gasteiger partial charge in [0.1, 0.15) is 0 Å². The molecule has 0 bridgehead atoms. The number of likely N-dealkylation sites (N-methyl/N-ethyl adjacent to an activating group) is 1. The van der Waals surface area contributed by atoms with Crippen LogP contribution in [-0.4, -0.2) is 42.0 Å². The number of nitrogens with one attached hydrogen (secondary N) is 3. The lowest BCUT2D eigenvalue weighted by molar-refractivity contribution is 0.102. The number of pyridine rings is 1. The zero-order valence-electron chi connectivity index (χ0n) is 18.7. The van der Waals surface area contributed by atoms with Crippen LogP contribution < -0.4 is 16.0 Å². The predicted octanol–water partition coefficient (Wildman–Crippen LogP) is 4.83. The second kappa shape index (κ2) is 9.22. The normalized spacial score (nSPS) is 13.6. The van der Waals surface area contributed by atoms with Gasteiger partial charge in [-0.3, -0.25) is 9.78 Å². The Labute approximate surface area is 198 Å². The minimum atomic E-state index is -0.167.